The van der Waals surface area contributed by atoms with Gasteiger partial charge in [0, 0.05) is 5.92 Å². The molecule has 0 radical (unpaired) electrons. The summed E-state index contributed by atoms with van der Waals surface area (Å²) in [5.41, 5.74) is 0. The Bertz CT molecular complexity index is 328. The summed E-state index contributed by atoms with van der Waals surface area (Å²) in [6, 6.07) is 0. The lowest BCUT2D eigenvalue weighted by Gasteiger charge is -2.23. The van der Waals surface area contributed by atoms with Gasteiger partial charge in [0.25, 0.3) is 0 Å². The lowest BCUT2D eigenvalue weighted by atomic mass is 9.97. The predicted octanol–water partition coefficient (Wildman–Crippen LogP) is 1.45. The first-order valence-corrected chi connectivity index (χ1v) is 6.82. The highest BCUT2D eigenvalue weighted by atomic mass is 16.8. The summed E-state index contributed by atoms with van der Waals surface area (Å²) in [5, 5.41) is 10.1. The van der Waals surface area contributed by atoms with Crippen LogP contribution in [0, 0.1) is 5.92 Å². The molecule has 19 heavy (non-hydrogen) atoms. The van der Waals surface area contributed by atoms with E-state index >= 15 is 0 Å². The molecule has 2 heterocycles. The summed E-state index contributed by atoms with van der Waals surface area (Å²) in [7, 11) is 0. The van der Waals surface area contributed by atoms with E-state index in [2.05, 4.69) is 0 Å². The second kappa shape index (κ2) is 5.89. The first-order chi connectivity index (χ1) is 8.94. The third-order valence-corrected chi connectivity index (χ3v) is 3.62. The number of aliphatic hydroxyl groups excluding tert-OH is 1. The van der Waals surface area contributed by atoms with Gasteiger partial charge in [-0.3, -0.25) is 0 Å². The second-order valence-electron chi connectivity index (χ2n) is 5.59. The summed E-state index contributed by atoms with van der Waals surface area (Å²) in [6.07, 6.45) is 2.19. The zero-order valence-corrected chi connectivity index (χ0v) is 12.0. The van der Waals surface area contributed by atoms with Gasteiger partial charge in [-0.05, 0) is 20.8 Å². The number of aliphatic hydroxyl groups is 1. The average molecular weight is 272 g/mol. The molecule has 0 aromatic rings. The highest BCUT2D eigenvalue weighted by molar-refractivity contribution is 4.92. The predicted molar refractivity (Wildman–Crippen MR) is 69.5 cm³/mol. The quantitative estimate of drug-likeness (QED) is 0.785. The van der Waals surface area contributed by atoms with Crippen molar-refractivity contribution in [3.63, 3.8) is 0 Å². The molecule has 0 aliphatic carbocycles. The Hall–Kier alpha value is -0.460. The van der Waals surface area contributed by atoms with Gasteiger partial charge in [0.2, 0.25) is 0 Å². The normalized spacial score (nSPS) is 42.3. The lowest BCUT2D eigenvalue weighted by molar-refractivity contribution is -0.189. The minimum absolute atomic E-state index is 0.0434. The van der Waals surface area contributed by atoms with Crippen molar-refractivity contribution >= 4 is 0 Å². The van der Waals surface area contributed by atoms with E-state index in [9.17, 15) is 5.11 Å². The van der Waals surface area contributed by atoms with Gasteiger partial charge in [0.15, 0.2) is 12.1 Å². The summed E-state index contributed by atoms with van der Waals surface area (Å²) >= 11 is 0. The number of hydrogen-bond donors (Lipinski definition) is 1. The van der Waals surface area contributed by atoms with Crippen LogP contribution in [0.25, 0.3) is 0 Å². The van der Waals surface area contributed by atoms with Crippen molar-refractivity contribution in [1.82, 2.24) is 0 Å². The topological polar surface area (TPSA) is 57.2 Å². The molecule has 0 aromatic carbocycles. The van der Waals surface area contributed by atoms with Crippen LogP contribution in [-0.2, 0) is 18.9 Å². The first kappa shape index (κ1) is 14.9. The smallest absolute Gasteiger partial charge is 0.184 e. The Morgan fingerprint density at radius 2 is 2.16 bits per heavy atom. The van der Waals surface area contributed by atoms with Crippen molar-refractivity contribution in [2.75, 3.05) is 13.2 Å². The van der Waals surface area contributed by atoms with Crippen LogP contribution >= 0.6 is 0 Å². The number of hydrogen-bond acceptors (Lipinski definition) is 5. The molecule has 2 saturated heterocycles. The van der Waals surface area contributed by atoms with Gasteiger partial charge in [-0.1, -0.05) is 19.1 Å². The van der Waals surface area contributed by atoms with Crippen LogP contribution in [0.5, 0.6) is 0 Å². The highest BCUT2D eigenvalue weighted by Crippen LogP contribution is 2.35. The van der Waals surface area contributed by atoms with E-state index in [0.717, 1.165) is 0 Å². The second-order valence-corrected chi connectivity index (χ2v) is 5.59. The third kappa shape index (κ3) is 3.35. The van der Waals surface area contributed by atoms with Crippen LogP contribution < -0.4 is 0 Å². The maximum atomic E-state index is 10.1. The molecular weight excluding hydrogens is 248 g/mol. The molecule has 2 aliphatic rings. The largest absolute Gasteiger partial charge is 0.387 e. The molecule has 2 aliphatic heterocycles. The highest BCUT2D eigenvalue weighted by Gasteiger charge is 2.49. The van der Waals surface area contributed by atoms with Crippen molar-refractivity contribution in [2.24, 2.45) is 5.92 Å². The zero-order chi connectivity index (χ0) is 14.0. The van der Waals surface area contributed by atoms with Gasteiger partial charge < -0.3 is 24.1 Å². The number of allylic oxidation sites excluding steroid dienone is 1. The molecule has 0 amide bonds. The van der Waals surface area contributed by atoms with E-state index < -0.39 is 18.2 Å². The monoisotopic (exact) mass is 272 g/mol. The van der Waals surface area contributed by atoms with Gasteiger partial charge in [-0.2, -0.15) is 0 Å². The average Bonchev–Trinajstić information content (AvgIpc) is 2.84. The van der Waals surface area contributed by atoms with Crippen molar-refractivity contribution in [3.05, 3.63) is 12.2 Å². The van der Waals surface area contributed by atoms with E-state index in [1.165, 1.54) is 0 Å². The van der Waals surface area contributed by atoms with Crippen molar-refractivity contribution in [2.45, 2.75) is 58.1 Å². The molecule has 0 aromatic heterocycles. The van der Waals surface area contributed by atoms with Gasteiger partial charge >= 0.3 is 0 Å². The molecule has 0 saturated carbocycles. The maximum Gasteiger partial charge on any atom is 0.184 e. The number of ether oxygens (including phenoxy) is 4. The van der Waals surface area contributed by atoms with Crippen molar-refractivity contribution in [1.29, 1.82) is 0 Å². The summed E-state index contributed by atoms with van der Waals surface area (Å²) < 4.78 is 22.7. The maximum absolute atomic E-state index is 10.1. The van der Waals surface area contributed by atoms with Gasteiger partial charge in [0.05, 0.1) is 19.3 Å². The molecule has 1 N–H and O–H groups in total. The standard InChI is InChI=1S/C14H24O5/c1-5-6-7-16-13-11(15)9(2)12(18-13)10-8-17-14(3,4)19-10/h5-6,9-13,15H,7-8H2,1-4H3/b6-5+. The summed E-state index contributed by atoms with van der Waals surface area (Å²) in [5.74, 6) is -0.624. The molecule has 110 valence electrons. The van der Waals surface area contributed by atoms with Crippen LogP contribution in [0.15, 0.2) is 12.2 Å². The van der Waals surface area contributed by atoms with E-state index in [-0.39, 0.29) is 18.1 Å². The Morgan fingerprint density at radius 3 is 2.74 bits per heavy atom. The molecule has 5 unspecified atom stereocenters. The van der Waals surface area contributed by atoms with Gasteiger partial charge in [-0.25, -0.2) is 0 Å². The van der Waals surface area contributed by atoms with Crippen LogP contribution in [-0.4, -0.2) is 48.7 Å². The SMILES string of the molecule is C/C=C/COC1OC(C2COC(C)(C)O2)C(C)C1O. The minimum Gasteiger partial charge on any atom is -0.387 e. The van der Waals surface area contributed by atoms with Crippen LogP contribution in [0.1, 0.15) is 27.7 Å². The minimum atomic E-state index is -0.637. The molecule has 5 nitrogen and oxygen atoms in total. The number of rotatable bonds is 4. The first-order valence-electron chi connectivity index (χ1n) is 6.82. The fourth-order valence-corrected chi connectivity index (χ4v) is 2.49. The lowest BCUT2D eigenvalue weighted by Crippen LogP contribution is -2.35. The van der Waals surface area contributed by atoms with E-state index in [4.69, 9.17) is 18.9 Å². The molecule has 0 spiro atoms. The molecule has 5 heteroatoms. The third-order valence-electron chi connectivity index (χ3n) is 3.62. The van der Waals surface area contributed by atoms with E-state index in [1.54, 1.807) is 0 Å². The van der Waals surface area contributed by atoms with Crippen LogP contribution in [0.2, 0.25) is 0 Å². The van der Waals surface area contributed by atoms with E-state index in [1.807, 2.05) is 39.8 Å². The molecular formula is C14H24O5. The van der Waals surface area contributed by atoms with Crippen LogP contribution in [0.3, 0.4) is 0 Å². The molecule has 2 rings (SSSR count). The Kier molecular flexibility index (Phi) is 4.63. The van der Waals surface area contributed by atoms with Crippen LogP contribution in [0.4, 0.5) is 0 Å². The fraction of sp³-hybridized carbons (Fsp3) is 0.857. The summed E-state index contributed by atoms with van der Waals surface area (Å²) in [4.78, 5) is 0. The Morgan fingerprint density at radius 1 is 1.42 bits per heavy atom. The van der Waals surface area contributed by atoms with Gasteiger partial charge in [-0.15, -0.1) is 0 Å². The van der Waals surface area contributed by atoms with Crippen molar-refractivity contribution < 1.29 is 24.1 Å². The molecule has 5 atom stereocenters. The van der Waals surface area contributed by atoms with E-state index in [0.29, 0.717) is 13.2 Å². The molecule has 0 bridgehead atoms. The van der Waals surface area contributed by atoms with Crippen molar-refractivity contribution in [3.8, 4) is 0 Å². The van der Waals surface area contributed by atoms with Gasteiger partial charge in [0.1, 0.15) is 12.2 Å². The Balaban J connectivity index is 1.93. The Labute approximate surface area is 114 Å². The molecule has 2 fully saturated rings. The fourth-order valence-electron chi connectivity index (χ4n) is 2.49. The zero-order valence-electron chi connectivity index (χ0n) is 12.0. The summed E-state index contributed by atoms with van der Waals surface area (Å²) in [6.45, 7) is 8.54.